The van der Waals surface area contributed by atoms with Gasteiger partial charge in [0, 0.05) is 6.54 Å². The summed E-state index contributed by atoms with van der Waals surface area (Å²) in [5.41, 5.74) is 3.76. The van der Waals surface area contributed by atoms with Gasteiger partial charge in [0.25, 0.3) is 10.9 Å². The molecule has 0 bridgehead atoms. The Balaban J connectivity index is 2.55. The Hall–Kier alpha value is -1.36. The molecule has 5 nitrogen and oxygen atoms in total. The summed E-state index contributed by atoms with van der Waals surface area (Å²) in [5.74, 6) is -0.461. The van der Waals surface area contributed by atoms with Crippen LogP contribution in [-0.4, -0.2) is 18.2 Å². The third-order valence-electron chi connectivity index (χ3n) is 1.57. The zero-order valence-electron chi connectivity index (χ0n) is 6.46. The first-order valence-electron chi connectivity index (χ1n) is 3.64. The molecule has 0 fully saturated rings. The van der Waals surface area contributed by atoms with E-state index in [0.717, 1.165) is 0 Å². The van der Waals surface area contributed by atoms with Gasteiger partial charge in [-0.1, -0.05) is 0 Å². The highest BCUT2D eigenvalue weighted by Gasteiger charge is 2.18. The van der Waals surface area contributed by atoms with Crippen molar-refractivity contribution in [2.24, 2.45) is 5.73 Å². The van der Waals surface area contributed by atoms with E-state index < -0.39 is 16.6 Å². The maximum atomic E-state index is 10.7. The number of nitrogens with two attached hydrogens (primary N) is 1. The predicted octanol–water partition coefficient (Wildman–Crippen LogP) is -1.25. The molecule has 0 aliphatic carbocycles. The molecule has 4 N–H and O–H groups in total. The Kier molecular flexibility index (Phi) is 2.44. The smallest absolute Gasteiger partial charge is 0.271 e. The molecule has 0 unspecified atom stereocenters. The number of nitrogens with one attached hydrogen (secondary N) is 1. The summed E-state index contributed by atoms with van der Waals surface area (Å²) in [6.07, 6.45) is 0.693. The van der Waals surface area contributed by atoms with Gasteiger partial charge in [-0.15, -0.1) is 0 Å². The average Bonchev–Trinajstić information content (AvgIpc) is 2.11. The van der Waals surface area contributed by atoms with Gasteiger partial charge in [0.15, 0.2) is 5.75 Å². The summed E-state index contributed by atoms with van der Waals surface area (Å²) in [5, 5.41) is 11.5. The van der Waals surface area contributed by atoms with Gasteiger partial charge in [-0.25, -0.2) is 0 Å². The van der Waals surface area contributed by atoms with Crippen molar-refractivity contribution in [3.63, 3.8) is 0 Å². The zero-order valence-corrected chi connectivity index (χ0v) is 6.46. The lowest BCUT2D eigenvalue weighted by atomic mass is 10.2. The van der Waals surface area contributed by atoms with Gasteiger partial charge in [0.05, 0.1) is 0 Å². The van der Waals surface area contributed by atoms with E-state index in [9.17, 15) is 9.59 Å². The molecular formula is C7H10N2O3. The van der Waals surface area contributed by atoms with Crippen LogP contribution in [0.2, 0.25) is 0 Å². The van der Waals surface area contributed by atoms with Gasteiger partial charge in [-0.3, -0.25) is 9.59 Å². The number of rotatable bonds is 4. The molecule has 0 spiro atoms. The molecule has 5 heteroatoms. The number of hydrogen-bond donors (Lipinski definition) is 3. The van der Waals surface area contributed by atoms with Crippen LogP contribution in [0.25, 0.3) is 0 Å². The van der Waals surface area contributed by atoms with Crippen LogP contribution in [0, 0.1) is 0 Å². The monoisotopic (exact) mass is 170 g/mol. The summed E-state index contributed by atoms with van der Waals surface area (Å²) in [4.78, 5) is 21.2. The Labute approximate surface area is 68.5 Å². The van der Waals surface area contributed by atoms with Crippen molar-refractivity contribution in [1.82, 2.24) is 0 Å². The summed E-state index contributed by atoms with van der Waals surface area (Å²) in [7, 11) is 0. The van der Waals surface area contributed by atoms with E-state index in [1.54, 1.807) is 0 Å². The quantitative estimate of drug-likeness (QED) is 0.388. The highest BCUT2D eigenvalue weighted by Crippen LogP contribution is 2.13. The summed E-state index contributed by atoms with van der Waals surface area (Å²) < 4.78 is 0. The standard InChI is InChI=1S/C7H10N2O3/c8-2-1-3-9-4-5(10)7(12)6(4)11/h9-10H,1-3,8H2. The van der Waals surface area contributed by atoms with Crippen LogP contribution >= 0.6 is 0 Å². The van der Waals surface area contributed by atoms with E-state index >= 15 is 0 Å². The van der Waals surface area contributed by atoms with Crippen LogP contribution in [0.4, 0.5) is 5.69 Å². The zero-order chi connectivity index (χ0) is 9.14. The fraction of sp³-hybridized carbons (Fsp3) is 0.429. The molecule has 0 heterocycles. The molecule has 12 heavy (non-hydrogen) atoms. The van der Waals surface area contributed by atoms with Crippen LogP contribution in [0.5, 0.6) is 5.75 Å². The lowest BCUT2D eigenvalue weighted by molar-refractivity contribution is 0.465. The van der Waals surface area contributed by atoms with Gasteiger partial charge in [0.1, 0.15) is 5.69 Å². The van der Waals surface area contributed by atoms with E-state index in [1.807, 2.05) is 0 Å². The largest absolute Gasteiger partial charge is 0.502 e. The molecule has 0 aliphatic rings. The van der Waals surface area contributed by atoms with Crippen molar-refractivity contribution in [3.8, 4) is 5.75 Å². The second kappa shape index (κ2) is 3.36. The lowest BCUT2D eigenvalue weighted by Crippen LogP contribution is -2.33. The first-order valence-corrected chi connectivity index (χ1v) is 3.64. The van der Waals surface area contributed by atoms with Crippen molar-refractivity contribution in [2.45, 2.75) is 6.42 Å². The van der Waals surface area contributed by atoms with Gasteiger partial charge in [0.2, 0.25) is 0 Å². The fourth-order valence-electron chi connectivity index (χ4n) is 0.859. The van der Waals surface area contributed by atoms with Crippen molar-refractivity contribution in [2.75, 3.05) is 18.4 Å². The molecule has 0 amide bonds. The van der Waals surface area contributed by atoms with Crippen molar-refractivity contribution >= 4 is 5.69 Å². The summed E-state index contributed by atoms with van der Waals surface area (Å²) in [6.45, 7) is 0.998. The first-order chi connectivity index (χ1) is 5.68. The van der Waals surface area contributed by atoms with Crippen molar-refractivity contribution in [3.05, 3.63) is 20.4 Å². The van der Waals surface area contributed by atoms with Crippen molar-refractivity contribution < 1.29 is 5.11 Å². The molecule has 66 valence electrons. The highest BCUT2D eigenvalue weighted by molar-refractivity contribution is 5.60. The second-order valence-electron chi connectivity index (χ2n) is 2.45. The van der Waals surface area contributed by atoms with Crippen LogP contribution < -0.4 is 21.9 Å². The molecule has 0 aliphatic heterocycles. The third kappa shape index (κ3) is 1.31. The fourth-order valence-corrected chi connectivity index (χ4v) is 0.859. The first kappa shape index (κ1) is 8.73. The SMILES string of the molecule is NCCCNc1c(O)c(=O)c1=O. The molecule has 0 saturated carbocycles. The number of aromatic hydroxyl groups is 1. The molecule has 0 atom stereocenters. The van der Waals surface area contributed by atoms with Gasteiger partial charge < -0.3 is 16.2 Å². The lowest BCUT2D eigenvalue weighted by Gasteiger charge is -2.07. The molecule has 1 aromatic carbocycles. The Morgan fingerprint density at radius 1 is 1.33 bits per heavy atom. The van der Waals surface area contributed by atoms with Crippen LogP contribution in [-0.2, 0) is 0 Å². The van der Waals surface area contributed by atoms with Gasteiger partial charge in [-0.2, -0.15) is 0 Å². The molecule has 1 aromatic rings. The van der Waals surface area contributed by atoms with E-state index in [0.29, 0.717) is 19.5 Å². The average molecular weight is 170 g/mol. The molecule has 1 rings (SSSR count). The highest BCUT2D eigenvalue weighted by atomic mass is 16.3. The van der Waals surface area contributed by atoms with E-state index in [2.05, 4.69) is 5.32 Å². The second-order valence-corrected chi connectivity index (χ2v) is 2.45. The Morgan fingerprint density at radius 2 is 2.00 bits per heavy atom. The van der Waals surface area contributed by atoms with Gasteiger partial charge in [-0.05, 0) is 13.0 Å². The molecule has 0 aromatic heterocycles. The van der Waals surface area contributed by atoms with E-state index in [4.69, 9.17) is 10.8 Å². The summed E-state index contributed by atoms with van der Waals surface area (Å²) in [6, 6.07) is 0. The Morgan fingerprint density at radius 3 is 2.50 bits per heavy atom. The van der Waals surface area contributed by atoms with Gasteiger partial charge >= 0.3 is 0 Å². The summed E-state index contributed by atoms with van der Waals surface area (Å²) >= 11 is 0. The predicted molar refractivity (Wildman–Crippen MR) is 45.2 cm³/mol. The third-order valence-corrected chi connectivity index (χ3v) is 1.57. The normalized spacial score (nSPS) is 10.4. The van der Waals surface area contributed by atoms with Crippen LogP contribution in [0.3, 0.4) is 0 Å². The van der Waals surface area contributed by atoms with Crippen LogP contribution in [0.1, 0.15) is 6.42 Å². The van der Waals surface area contributed by atoms with E-state index in [-0.39, 0.29) is 5.69 Å². The molecule has 0 radical (unpaired) electrons. The van der Waals surface area contributed by atoms with Crippen LogP contribution in [0.15, 0.2) is 9.59 Å². The number of anilines is 1. The molecule has 0 saturated heterocycles. The minimum Gasteiger partial charge on any atom is -0.502 e. The van der Waals surface area contributed by atoms with Crippen molar-refractivity contribution in [1.29, 1.82) is 0 Å². The minimum absolute atomic E-state index is 0.0217. The molecular weight excluding hydrogens is 160 g/mol. The topological polar surface area (TPSA) is 92.4 Å². The Bertz CT molecular complexity index is 338. The minimum atomic E-state index is -0.815. The maximum absolute atomic E-state index is 10.7. The van der Waals surface area contributed by atoms with E-state index in [1.165, 1.54) is 0 Å². The maximum Gasteiger partial charge on any atom is 0.271 e. The number of hydrogen-bond acceptors (Lipinski definition) is 5.